The van der Waals surface area contributed by atoms with Gasteiger partial charge >= 0.3 is 0 Å². The summed E-state index contributed by atoms with van der Waals surface area (Å²) in [7, 11) is 0. The molecular weight excluding hydrogens is 332 g/mol. The van der Waals surface area contributed by atoms with Gasteiger partial charge in [-0.1, -0.05) is 57.6 Å². The summed E-state index contributed by atoms with van der Waals surface area (Å²) < 4.78 is 2.30. The molecule has 0 spiro atoms. The molecule has 0 saturated carbocycles. The maximum absolute atomic E-state index is 4.62. The molecule has 3 rings (SSSR count). The number of benzene rings is 2. The van der Waals surface area contributed by atoms with Crippen LogP contribution in [-0.4, -0.2) is 11.0 Å². The van der Waals surface area contributed by atoms with E-state index in [9.17, 15) is 0 Å². The van der Waals surface area contributed by atoms with Gasteiger partial charge in [-0.05, 0) is 37.1 Å². The highest BCUT2D eigenvalue weighted by Gasteiger charge is 2.08. The molecule has 0 aliphatic heterocycles. The zero-order valence-corrected chi connectivity index (χ0v) is 13.5. The first kappa shape index (κ1) is 13.6. The fraction of sp³-hybridized carbons (Fsp3) is 0.188. The number of thiazole rings is 1. The van der Waals surface area contributed by atoms with Gasteiger partial charge in [0, 0.05) is 10.5 Å². The van der Waals surface area contributed by atoms with Crippen LogP contribution in [0.2, 0.25) is 0 Å². The van der Waals surface area contributed by atoms with Gasteiger partial charge in [-0.3, -0.25) is 0 Å². The van der Waals surface area contributed by atoms with Crippen LogP contribution in [0.1, 0.15) is 12.5 Å². The van der Waals surface area contributed by atoms with Crippen molar-refractivity contribution in [3.8, 4) is 0 Å². The Balaban J connectivity index is 1.72. The van der Waals surface area contributed by atoms with Crippen molar-refractivity contribution in [1.29, 1.82) is 0 Å². The molecule has 4 heteroatoms. The third kappa shape index (κ3) is 3.19. The number of anilines is 1. The zero-order valence-electron chi connectivity index (χ0n) is 11.1. The molecular formula is C16H15BrN2S. The Hall–Kier alpha value is -1.39. The molecule has 0 bridgehead atoms. The van der Waals surface area contributed by atoms with E-state index in [1.807, 2.05) is 18.2 Å². The minimum absolute atomic E-state index is 0.362. The summed E-state index contributed by atoms with van der Waals surface area (Å²) in [5.41, 5.74) is 2.39. The highest BCUT2D eigenvalue weighted by molar-refractivity contribution is 9.10. The van der Waals surface area contributed by atoms with E-state index in [1.165, 1.54) is 10.3 Å². The maximum atomic E-state index is 4.62. The minimum Gasteiger partial charge on any atom is -0.359 e. The van der Waals surface area contributed by atoms with Crippen molar-refractivity contribution >= 4 is 42.6 Å². The second-order valence-corrected chi connectivity index (χ2v) is 6.81. The second kappa shape index (κ2) is 5.94. The number of nitrogens with one attached hydrogen (secondary N) is 1. The Labute approximate surface area is 131 Å². The molecule has 102 valence electrons. The highest BCUT2D eigenvalue weighted by Crippen LogP contribution is 2.28. The number of hydrogen-bond donors (Lipinski definition) is 1. The van der Waals surface area contributed by atoms with Gasteiger partial charge in [0.25, 0.3) is 0 Å². The van der Waals surface area contributed by atoms with E-state index in [-0.39, 0.29) is 0 Å². The van der Waals surface area contributed by atoms with Crippen molar-refractivity contribution in [3.63, 3.8) is 0 Å². The third-order valence-electron chi connectivity index (χ3n) is 3.11. The van der Waals surface area contributed by atoms with Gasteiger partial charge in [-0.25, -0.2) is 4.98 Å². The molecule has 20 heavy (non-hydrogen) atoms. The Morgan fingerprint density at radius 1 is 1.20 bits per heavy atom. The van der Waals surface area contributed by atoms with Gasteiger partial charge < -0.3 is 5.32 Å². The lowest BCUT2D eigenvalue weighted by Crippen LogP contribution is -2.17. The summed E-state index contributed by atoms with van der Waals surface area (Å²) in [4.78, 5) is 4.62. The Morgan fingerprint density at radius 2 is 2.00 bits per heavy atom. The van der Waals surface area contributed by atoms with Crippen LogP contribution >= 0.6 is 27.3 Å². The summed E-state index contributed by atoms with van der Waals surface area (Å²) in [5, 5.41) is 4.48. The predicted molar refractivity (Wildman–Crippen MR) is 90.6 cm³/mol. The fourth-order valence-electron chi connectivity index (χ4n) is 2.19. The van der Waals surface area contributed by atoms with Crippen LogP contribution in [0.5, 0.6) is 0 Å². The first-order chi connectivity index (χ1) is 9.70. The second-order valence-electron chi connectivity index (χ2n) is 4.87. The summed E-state index contributed by atoms with van der Waals surface area (Å²) in [6.45, 7) is 2.19. The molecule has 1 aromatic heterocycles. The van der Waals surface area contributed by atoms with Gasteiger partial charge in [0.2, 0.25) is 0 Å². The standard InChI is InChI=1S/C16H15BrN2S/c1-11(9-12-5-3-2-4-6-12)18-16-19-14-8-7-13(17)10-15(14)20-16/h2-8,10-11H,9H2,1H3,(H,18,19). The number of rotatable bonds is 4. The molecule has 0 fully saturated rings. The lowest BCUT2D eigenvalue weighted by Gasteiger charge is -2.12. The van der Waals surface area contributed by atoms with Crippen LogP contribution in [-0.2, 0) is 6.42 Å². The quantitative estimate of drug-likeness (QED) is 0.710. The lowest BCUT2D eigenvalue weighted by molar-refractivity contribution is 0.789. The number of fused-ring (bicyclic) bond motifs is 1. The Kier molecular flexibility index (Phi) is 4.03. The molecule has 0 saturated heterocycles. The monoisotopic (exact) mass is 346 g/mol. The zero-order chi connectivity index (χ0) is 13.9. The molecule has 0 aliphatic carbocycles. The van der Waals surface area contributed by atoms with Gasteiger partial charge in [0.1, 0.15) is 0 Å². The molecule has 2 aromatic carbocycles. The summed E-state index contributed by atoms with van der Waals surface area (Å²) >= 11 is 5.19. The number of hydrogen-bond acceptors (Lipinski definition) is 3. The number of halogens is 1. The van der Waals surface area contributed by atoms with E-state index in [0.29, 0.717) is 6.04 Å². The average Bonchev–Trinajstić information content (AvgIpc) is 2.80. The van der Waals surface area contributed by atoms with Crippen LogP contribution in [0.3, 0.4) is 0 Å². The molecule has 1 N–H and O–H groups in total. The van der Waals surface area contributed by atoms with Crippen molar-refractivity contribution in [2.45, 2.75) is 19.4 Å². The van der Waals surface area contributed by atoms with E-state index in [0.717, 1.165) is 21.5 Å². The molecule has 1 atom stereocenters. The Morgan fingerprint density at radius 3 is 2.80 bits per heavy atom. The SMILES string of the molecule is CC(Cc1ccccc1)Nc1nc2ccc(Br)cc2s1. The highest BCUT2D eigenvalue weighted by atomic mass is 79.9. The number of aromatic nitrogens is 1. The normalized spacial score (nSPS) is 12.5. The molecule has 3 aromatic rings. The minimum atomic E-state index is 0.362. The average molecular weight is 347 g/mol. The van der Waals surface area contributed by atoms with Crippen LogP contribution in [0.4, 0.5) is 5.13 Å². The van der Waals surface area contributed by atoms with Gasteiger partial charge in [-0.15, -0.1) is 0 Å². The van der Waals surface area contributed by atoms with Crippen LogP contribution in [0.15, 0.2) is 53.0 Å². The van der Waals surface area contributed by atoms with Gasteiger partial charge in [-0.2, -0.15) is 0 Å². The molecule has 1 unspecified atom stereocenters. The molecule has 0 amide bonds. The maximum Gasteiger partial charge on any atom is 0.184 e. The molecule has 2 nitrogen and oxygen atoms in total. The molecule has 0 aliphatic rings. The van der Waals surface area contributed by atoms with Crippen molar-refractivity contribution in [2.24, 2.45) is 0 Å². The largest absolute Gasteiger partial charge is 0.359 e. The van der Waals surface area contributed by atoms with Crippen LogP contribution < -0.4 is 5.32 Å². The first-order valence-electron chi connectivity index (χ1n) is 6.57. The van der Waals surface area contributed by atoms with E-state index in [4.69, 9.17) is 0 Å². The topological polar surface area (TPSA) is 24.9 Å². The summed E-state index contributed by atoms with van der Waals surface area (Å²) in [6, 6.07) is 17.1. The van der Waals surface area contributed by atoms with E-state index in [2.05, 4.69) is 63.5 Å². The Bertz CT molecular complexity index is 709. The smallest absolute Gasteiger partial charge is 0.184 e. The predicted octanol–water partition coefficient (Wildman–Crippen LogP) is 5.10. The third-order valence-corrected chi connectivity index (χ3v) is 4.55. The van der Waals surface area contributed by atoms with Crippen LogP contribution in [0, 0.1) is 0 Å². The number of nitrogens with zero attached hydrogens (tertiary/aromatic N) is 1. The molecule has 1 heterocycles. The van der Waals surface area contributed by atoms with E-state index < -0.39 is 0 Å². The first-order valence-corrected chi connectivity index (χ1v) is 8.18. The van der Waals surface area contributed by atoms with Crippen LogP contribution in [0.25, 0.3) is 10.2 Å². The molecule has 0 radical (unpaired) electrons. The van der Waals surface area contributed by atoms with Gasteiger partial charge in [0.05, 0.1) is 10.2 Å². The van der Waals surface area contributed by atoms with Crippen molar-refractivity contribution in [2.75, 3.05) is 5.32 Å². The lowest BCUT2D eigenvalue weighted by atomic mass is 10.1. The fourth-order valence-corrected chi connectivity index (χ4v) is 3.72. The van der Waals surface area contributed by atoms with E-state index >= 15 is 0 Å². The van der Waals surface area contributed by atoms with Crippen molar-refractivity contribution in [3.05, 3.63) is 58.6 Å². The van der Waals surface area contributed by atoms with E-state index in [1.54, 1.807) is 11.3 Å². The summed E-state index contributed by atoms with van der Waals surface area (Å²) in [6.07, 6.45) is 1.00. The van der Waals surface area contributed by atoms with Crippen molar-refractivity contribution < 1.29 is 0 Å². The van der Waals surface area contributed by atoms with Gasteiger partial charge in [0.15, 0.2) is 5.13 Å². The van der Waals surface area contributed by atoms with Crippen molar-refractivity contribution in [1.82, 2.24) is 4.98 Å². The summed E-state index contributed by atoms with van der Waals surface area (Å²) in [5.74, 6) is 0.